The summed E-state index contributed by atoms with van der Waals surface area (Å²) in [6.45, 7) is 2.23. The first kappa shape index (κ1) is 15.3. The van der Waals surface area contributed by atoms with E-state index in [1.54, 1.807) is 14.0 Å². The number of nitrogens with two attached hydrogens (primary N) is 2. The number of rotatable bonds is 6. The molecule has 0 amide bonds. The van der Waals surface area contributed by atoms with Gasteiger partial charge in [-0.05, 0) is 17.7 Å². The normalized spacial score (nSPS) is 24.4. The van der Waals surface area contributed by atoms with Gasteiger partial charge in [0.1, 0.15) is 5.75 Å². The maximum atomic E-state index is 12.3. The Morgan fingerprint density at radius 2 is 1.75 bits per heavy atom. The Hall–Kier alpha value is -1.11. The highest BCUT2D eigenvalue weighted by Crippen LogP contribution is 2.62. The van der Waals surface area contributed by atoms with Gasteiger partial charge in [0.05, 0.1) is 12.4 Å². The fraction of sp³-hybridized carbons (Fsp3) is 0.571. The zero-order valence-electron chi connectivity index (χ0n) is 11.9. The van der Waals surface area contributed by atoms with E-state index in [0.717, 1.165) is 11.3 Å². The van der Waals surface area contributed by atoms with E-state index in [1.165, 1.54) is 0 Å². The third-order valence-corrected chi connectivity index (χ3v) is 6.72. The van der Waals surface area contributed by atoms with Crippen molar-refractivity contribution >= 4 is 9.84 Å². The minimum atomic E-state index is -3.16. The van der Waals surface area contributed by atoms with Crippen LogP contribution in [0.15, 0.2) is 24.3 Å². The number of hydrogen-bond donors (Lipinski definition) is 2. The van der Waals surface area contributed by atoms with Crippen molar-refractivity contribution in [3.8, 4) is 5.75 Å². The molecule has 1 aromatic rings. The predicted molar refractivity (Wildman–Crippen MR) is 79.5 cm³/mol. The van der Waals surface area contributed by atoms with Crippen LogP contribution in [0.5, 0.6) is 5.75 Å². The smallest absolute Gasteiger partial charge is 0.154 e. The molecule has 20 heavy (non-hydrogen) atoms. The Morgan fingerprint density at radius 3 is 2.15 bits per heavy atom. The molecule has 1 aromatic carbocycles. The third kappa shape index (κ3) is 2.21. The third-order valence-electron chi connectivity index (χ3n) is 4.40. The highest BCUT2D eigenvalue weighted by atomic mass is 32.2. The Bertz CT molecular complexity index is 565. The predicted octanol–water partition coefficient (Wildman–Crippen LogP) is 0.500. The molecule has 0 heterocycles. The first-order chi connectivity index (χ1) is 9.46. The van der Waals surface area contributed by atoms with Gasteiger partial charge in [-0.15, -0.1) is 0 Å². The second kappa shape index (κ2) is 5.35. The summed E-state index contributed by atoms with van der Waals surface area (Å²) in [5.41, 5.74) is 12.1. The molecule has 2 atom stereocenters. The molecule has 112 valence electrons. The Morgan fingerprint density at radius 1 is 1.20 bits per heavy atom. The van der Waals surface area contributed by atoms with Crippen LogP contribution in [0.4, 0.5) is 0 Å². The summed E-state index contributed by atoms with van der Waals surface area (Å²) in [6.07, 6.45) is 0. The van der Waals surface area contributed by atoms with Crippen LogP contribution in [-0.2, 0) is 9.84 Å². The zero-order valence-corrected chi connectivity index (χ0v) is 12.7. The molecule has 1 saturated carbocycles. The lowest BCUT2D eigenvalue weighted by atomic mass is 9.99. The summed E-state index contributed by atoms with van der Waals surface area (Å²) in [5, 5.41) is -0.469. The van der Waals surface area contributed by atoms with Crippen molar-refractivity contribution in [2.24, 2.45) is 16.9 Å². The first-order valence-electron chi connectivity index (χ1n) is 6.72. The first-order valence-corrected chi connectivity index (χ1v) is 8.44. The lowest BCUT2D eigenvalue weighted by Crippen LogP contribution is -2.31. The van der Waals surface area contributed by atoms with Gasteiger partial charge >= 0.3 is 0 Å². The van der Waals surface area contributed by atoms with E-state index in [-0.39, 0.29) is 24.8 Å². The summed E-state index contributed by atoms with van der Waals surface area (Å²) < 4.78 is 29.7. The van der Waals surface area contributed by atoms with Gasteiger partial charge in [0.25, 0.3) is 0 Å². The SMILES string of the molecule is CCS(=O)(=O)[C@H]1[C@@H](c2ccc(OC)cc2)C1(CN)CN. The molecule has 2 rings (SSSR count). The standard InChI is InChI=1S/C14H22N2O3S/c1-3-20(17,18)13-12(14(13,8-15)9-16)10-4-6-11(19-2)7-5-10/h4-7,12-13H,3,8-9,15-16H2,1-2H3/t12-,13+/m1/s1. The van der Waals surface area contributed by atoms with Gasteiger partial charge in [0.2, 0.25) is 0 Å². The van der Waals surface area contributed by atoms with Crippen molar-refractivity contribution in [1.82, 2.24) is 0 Å². The zero-order chi connectivity index (χ0) is 15.0. The van der Waals surface area contributed by atoms with Crippen LogP contribution < -0.4 is 16.2 Å². The van der Waals surface area contributed by atoms with Gasteiger partial charge in [0, 0.05) is 30.2 Å². The van der Waals surface area contributed by atoms with E-state index >= 15 is 0 Å². The molecule has 5 nitrogen and oxygen atoms in total. The fourth-order valence-electron chi connectivity index (χ4n) is 3.09. The summed E-state index contributed by atoms with van der Waals surface area (Å²) in [5.74, 6) is 0.746. The van der Waals surface area contributed by atoms with Gasteiger partial charge < -0.3 is 16.2 Å². The summed E-state index contributed by atoms with van der Waals surface area (Å²) in [7, 11) is -1.56. The van der Waals surface area contributed by atoms with E-state index in [0.29, 0.717) is 0 Å². The molecule has 6 heteroatoms. The van der Waals surface area contributed by atoms with E-state index in [9.17, 15) is 8.42 Å². The van der Waals surface area contributed by atoms with Crippen LogP contribution in [-0.4, -0.2) is 39.6 Å². The largest absolute Gasteiger partial charge is 0.497 e. The highest BCUT2D eigenvalue weighted by Gasteiger charge is 2.68. The number of hydrogen-bond acceptors (Lipinski definition) is 5. The van der Waals surface area contributed by atoms with E-state index < -0.39 is 20.5 Å². The lowest BCUT2D eigenvalue weighted by molar-refractivity contribution is 0.414. The number of ether oxygens (including phenoxy) is 1. The van der Waals surface area contributed by atoms with Crippen LogP contribution in [0.1, 0.15) is 18.4 Å². The molecule has 1 aliphatic rings. The maximum Gasteiger partial charge on any atom is 0.154 e. The molecule has 4 N–H and O–H groups in total. The minimum absolute atomic E-state index is 0.117. The maximum absolute atomic E-state index is 12.3. The average molecular weight is 298 g/mol. The van der Waals surface area contributed by atoms with Crippen LogP contribution >= 0.6 is 0 Å². The molecule has 0 aliphatic heterocycles. The van der Waals surface area contributed by atoms with Gasteiger partial charge in [-0.25, -0.2) is 8.42 Å². The molecule has 0 aromatic heterocycles. The van der Waals surface area contributed by atoms with Crippen molar-refractivity contribution in [3.63, 3.8) is 0 Å². The van der Waals surface area contributed by atoms with Gasteiger partial charge in [-0.1, -0.05) is 19.1 Å². The van der Waals surface area contributed by atoms with Crippen molar-refractivity contribution in [2.75, 3.05) is 26.0 Å². The van der Waals surface area contributed by atoms with Crippen molar-refractivity contribution < 1.29 is 13.2 Å². The molecule has 0 radical (unpaired) electrons. The second-order valence-electron chi connectivity index (χ2n) is 5.26. The lowest BCUT2D eigenvalue weighted by Gasteiger charge is -2.12. The van der Waals surface area contributed by atoms with Crippen LogP contribution in [0.25, 0.3) is 0 Å². The van der Waals surface area contributed by atoms with Crippen LogP contribution in [0.2, 0.25) is 0 Å². The molecule has 0 unspecified atom stereocenters. The van der Waals surface area contributed by atoms with Gasteiger partial charge in [-0.3, -0.25) is 0 Å². The Kier molecular flexibility index (Phi) is 4.09. The second-order valence-corrected chi connectivity index (χ2v) is 7.68. The Labute approximate surface area is 120 Å². The molecular weight excluding hydrogens is 276 g/mol. The summed E-state index contributed by atoms with van der Waals surface area (Å²) >= 11 is 0. The summed E-state index contributed by atoms with van der Waals surface area (Å²) in [6, 6.07) is 7.46. The van der Waals surface area contributed by atoms with E-state index in [2.05, 4.69) is 0 Å². The van der Waals surface area contributed by atoms with E-state index in [1.807, 2.05) is 24.3 Å². The van der Waals surface area contributed by atoms with Gasteiger partial charge in [-0.2, -0.15) is 0 Å². The molecule has 0 bridgehead atoms. The molecule has 0 saturated heterocycles. The van der Waals surface area contributed by atoms with Crippen molar-refractivity contribution in [1.29, 1.82) is 0 Å². The molecule has 0 spiro atoms. The number of sulfone groups is 1. The van der Waals surface area contributed by atoms with Crippen LogP contribution in [0, 0.1) is 5.41 Å². The molecular formula is C14H22N2O3S. The van der Waals surface area contributed by atoms with Crippen molar-refractivity contribution in [2.45, 2.75) is 18.1 Å². The highest BCUT2D eigenvalue weighted by molar-refractivity contribution is 7.92. The summed E-state index contributed by atoms with van der Waals surface area (Å²) in [4.78, 5) is 0. The molecule has 1 aliphatic carbocycles. The number of methoxy groups -OCH3 is 1. The monoisotopic (exact) mass is 298 g/mol. The quantitative estimate of drug-likeness (QED) is 0.797. The van der Waals surface area contributed by atoms with E-state index in [4.69, 9.17) is 16.2 Å². The average Bonchev–Trinajstić information content (AvgIpc) is 3.18. The van der Waals surface area contributed by atoms with Crippen LogP contribution in [0.3, 0.4) is 0 Å². The molecule has 1 fully saturated rings. The number of benzene rings is 1. The Balaban J connectivity index is 2.38. The minimum Gasteiger partial charge on any atom is -0.497 e. The van der Waals surface area contributed by atoms with Crippen molar-refractivity contribution in [3.05, 3.63) is 29.8 Å². The fourth-order valence-corrected chi connectivity index (χ4v) is 5.26. The van der Waals surface area contributed by atoms with Gasteiger partial charge in [0.15, 0.2) is 9.84 Å². The topological polar surface area (TPSA) is 95.4 Å².